The molecule has 0 bridgehead atoms. The van der Waals surface area contributed by atoms with Crippen molar-refractivity contribution in [3.05, 3.63) is 23.3 Å². The number of nitrogens with one attached hydrogen (secondary N) is 1. The highest BCUT2D eigenvalue weighted by Gasteiger charge is 2.20. The Morgan fingerprint density at radius 1 is 1.30 bits per heavy atom. The van der Waals surface area contributed by atoms with E-state index in [1.165, 1.54) is 6.07 Å². The Morgan fingerprint density at radius 2 is 1.90 bits per heavy atom. The molecule has 1 aromatic carbocycles. The second-order valence-corrected chi connectivity index (χ2v) is 7.33. The number of nitrogens with two attached hydrogens (primary N) is 1. The van der Waals surface area contributed by atoms with Crippen molar-refractivity contribution in [2.24, 2.45) is 5.92 Å². The largest absolute Gasteiger partial charge is 0.399 e. The van der Waals surface area contributed by atoms with Crippen molar-refractivity contribution < 1.29 is 13.5 Å². The molecule has 0 amide bonds. The lowest BCUT2D eigenvalue weighted by Crippen LogP contribution is -2.33. The summed E-state index contributed by atoms with van der Waals surface area (Å²) in [4.78, 5) is 0.173. The Hall–Kier alpha value is -1.11. The number of hydrogen-bond acceptors (Lipinski definition) is 4. The molecule has 4 N–H and O–H groups in total. The molecule has 1 unspecified atom stereocenters. The summed E-state index contributed by atoms with van der Waals surface area (Å²) in [6.07, 6.45) is -0.135. The average Bonchev–Trinajstić information content (AvgIpc) is 2.30. The zero-order chi connectivity index (χ0) is 15.5. The maximum atomic E-state index is 12.3. The van der Waals surface area contributed by atoms with E-state index in [2.05, 4.69) is 4.72 Å². The molecule has 1 rings (SSSR count). The predicted octanol–water partition coefficient (Wildman–Crippen LogP) is 1.57. The van der Waals surface area contributed by atoms with Crippen LogP contribution in [0.2, 0.25) is 0 Å². The molecule has 0 saturated carbocycles. The third-order valence-electron chi connectivity index (χ3n) is 3.18. The van der Waals surface area contributed by atoms with Gasteiger partial charge in [-0.1, -0.05) is 13.8 Å². The van der Waals surface area contributed by atoms with Crippen LogP contribution in [-0.4, -0.2) is 26.2 Å². The van der Waals surface area contributed by atoms with Crippen LogP contribution in [-0.2, 0) is 10.0 Å². The SMILES string of the molecule is Cc1cc(N)cc(S(=O)(=O)NCC(O)CC(C)C)c1C. The second kappa shape index (κ2) is 6.56. The lowest BCUT2D eigenvalue weighted by molar-refractivity contribution is 0.152. The third-order valence-corrected chi connectivity index (χ3v) is 4.73. The van der Waals surface area contributed by atoms with Gasteiger partial charge in [-0.05, 0) is 49.4 Å². The number of aliphatic hydroxyl groups excluding tert-OH is 1. The number of anilines is 1. The van der Waals surface area contributed by atoms with Crippen LogP contribution in [0.15, 0.2) is 17.0 Å². The van der Waals surface area contributed by atoms with Gasteiger partial charge in [0.25, 0.3) is 0 Å². The van der Waals surface area contributed by atoms with Crippen molar-refractivity contribution in [1.82, 2.24) is 4.72 Å². The van der Waals surface area contributed by atoms with Crippen LogP contribution in [0.1, 0.15) is 31.4 Å². The molecule has 114 valence electrons. The molecule has 0 saturated heterocycles. The van der Waals surface area contributed by atoms with E-state index < -0.39 is 16.1 Å². The summed E-state index contributed by atoms with van der Waals surface area (Å²) < 4.78 is 27.0. The second-order valence-electron chi connectivity index (χ2n) is 5.60. The fourth-order valence-electron chi connectivity index (χ4n) is 2.04. The summed E-state index contributed by atoms with van der Waals surface area (Å²) in [5, 5.41) is 9.76. The van der Waals surface area contributed by atoms with Crippen molar-refractivity contribution in [3.8, 4) is 0 Å². The van der Waals surface area contributed by atoms with Gasteiger partial charge in [0.15, 0.2) is 0 Å². The fourth-order valence-corrected chi connectivity index (χ4v) is 3.47. The van der Waals surface area contributed by atoms with E-state index in [9.17, 15) is 13.5 Å². The maximum absolute atomic E-state index is 12.3. The van der Waals surface area contributed by atoms with E-state index in [-0.39, 0.29) is 11.4 Å². The maximum Gasteiger partial charge on any atom is 0.241 e. The first-order valence-corrected chi connectivity index (χ1v) is 8.16. The molecular weight excluding hydrogens is 276 g/mol. The van der Waals surface area contributed by atoms with Crippen molar-refractivity contribution in [3.63, 3.8) is 0 Å². The molecule has 5 nitrogen and oxygen atoms in total. The number of aryl methyl sites for hydroxylation is 1. The van der Waals surface area contributed by atoms with Crippen LogP contribution in [0.3, 0.4) is 0 Å². The van der Waals surface area contributed by atoms with Gasteiger partial charge < -0.3 is 10.8 Å². The Labute approximate surface area is 121 Å². The summed E-state index contributed by atoms with van der Waals surface area (Å²) in [6.45, 7) is 7.52. The quantitative estimate of drug-likeness (QED) is 0.695. The van der Waals surface area contributed by atoms with Crippen LogP contribution >= 0.6 is 0 Å². The van der Waals surface area contributed by atoms with Crippen molar-refractivity contribution in [1.29, 1.82) is 0 Å². The van der Waals surface area contributed by atoms with Crippen LogP contribution in [0.4, 0.5) is 5.69 Å². The van der Waals surface area contributed by atoms with E-state index in [1.54, 1.807) is 13.0 Å². The molecule has 1 atom stereocenters. The highest BCUT2D eigenvalue weighted by Crippen LogP contribution is 2.22. The lowest BCUT2D eigenvalue weighted by atomic mass is 10.1. The third kappa shape index (κ3) is 4.47. The van der Waals surface area contributed by atoms with Crippen molar-refractivity contribution in [2.75, 3.05) is 12.3 Å². The summed E-state index contributed by atoms with van der Waals surface area (Å²) in [6, 6.07) is 3.18. The van der Waals surface area contributed by atoms with E-state index >= 15 is 0 Å². The van der Waals surface area contributed by atoms with Gasteiger partial charge in [0.2, 0.25) is 10.0 Å². The normalized spacial score (nSPS) is 13.7. The molecule has 1 aromatic rings. The molecular formula is C14H24N2O3S. The van der Waals surface area contributed by atoms with E-state index in [4.69, 9.17) is 5.73 Å². The number of benzene rings is 1. The Balaban J connectivity index is 2.90. The molecule has 6 heteroatoms. The van der Waals surface area contributed by atoms with E-state index in [1.807, 2.05) is 20.8 Å². The fraction of sp³-hybridized carbons (Fsp3) is 0.571. The van der Waals surface area contributed by atoms with Gasteiger partial charge in [0.1, 0.15) is 0 Å². The number of sulfonamides is 1. The zero-order valence-corrected chi connectivity index (χ0v) is 13.3. The molecule has 0 aliphatic carbocycles. The molecule has 0 aromatic heterocycles. The van der Waals surface area contributed by atoms with Gasteiger partial charge in [0.05, 0.1) is 11.0 Å². The molecule has 0 aliphatic rings. The van der Waals surface area contributed by atoms with Gasteiger partial charge in [-0.2, -0.15) is 0 Å². The topological polar surface area (TPSA) is 92.4 Å². The van der Waals surface area contributed by atoms with E-state index in [0.717, 1.165) is 5.56 Å². The highest BCUT2D eigenvalue weighted by atomic mass is 32.2. The summed E-state index contributed by atoms with van der Waals surface area (Å²) in [7, 11) is -3.66. The summed E-state index contributed by atoms with van der Waals surface area (Å²) >= 11 is 0. The minimum Gasteiger partial charge on any atom is -0.399 e. The first-order chi connectivity index (χ1) is 9.13. The Bertz CT molecular complexity index is 568. The minimum absolute atomic E-state index is 0.00774. The number of aliphatic hydroxyl groups is 1. The molecule has 0 spiro atoms. The van der Waals surface area contributed by atoms with Crippen molar-refractivity contribution in [2.45, 2.75) is 45.1 Å². The van der Waals surface area contributed by atoms with Gasteiger partial charge >= 0.3 is 0 Å². The standard InChI is InChI=1S/C14H24N2O3S/c1-9(2)5-13(17)8-16-20(18,19)14-7-12(15)6-10(3)11(14)4/h6-7,9,13,16-17H,5,8,15H2,1-4H3. The average molecular weight is 300 g/mol. The summed E-state index contributed by atoms with van der Waals surface area (Å²) in [5.74, 6) is 0.311. The van der Waals surface area contributed by atoms with Crippen LogP contribution in [0.5, 0.6) is 0 Å². The first-order valence-electron chi connectivity index (χ1n) is 6.68. The number of rotatable bonds is 6. The smallest absolute Gasteiger partial charge is 0.241 e. The monoisotopic (exact) mass is 300 g/mol. The van der Waals surface area contributed by atoms with Crippen molar-refractivity contribution >= 4 is 15.7 Å². The van der Waals surface area contributed by atoms with Gasteiger partial charge in [-0.3, -0.25) is 0 Å². The Kier molecular flexibility index (Phi) is 5.56. The van der Waals surface area contributed by atoms with Gasteiger partial charge in [-0.25, -0.2) is 13.1 Å². The van der Waals surface area contributed by atoms with Gasteiger partial charge in [-0.15, -0.1) is 0 Å². The first kappa shape index (κ1) is 16.9. The van der Waals surface area contributed by atoms with Crippen LogP contribution in [0.25, 0.3) is 0 Å². The highest BCUT2D eigenvalue weighted by molar-refractivity contribution is 7.89. The minimum atomic E-state index is -3.66. The van der Waals surface area contributed by atoms with Gasteiger partial charge in [0, 0.05) is 12.2 Å². The zero-order valence-electron chi connectivity index (χ0n) is 12.5. The van der Waals surface area contributed by atoms with E-state index in [0.29, 0.717) is 23.6 Å². The Morgan fingerprint density at radius 3 is 2.45 bits per heavy atom. The molecule has 0 fully saturated rings. The predicted molar refractivity (Wildman–Crippen MR) is 81.0 cm³/mol. The molecule has 20 heavy (non-hydrogen) atoms. The number of nitrogen functional groups attached to an aromatic ring is 1. The number of hydrogen-bond donors (Lipinski definition) is 3. The van der Waals surface area contributed by atoms with Crippen LogP contribution in [0, 0.1) is 19.8 Å². The molecule has 0 radical (unpaired) electrons. The summed E-state index contributed by atoms with van der Waals surface area (Å²) in [5.41, 5.74) is 7.62. The van der Waals surface area contributed by atoms with Crippen LogP contribution < -0.4 is 10.5 Å². The molecule has 0 aliphatic heterocycles. The molecule has 0 heterocycles. The lowest BCUT2D eigenvalue weighted by Gasteiger charge is -2.16.